The molecule has 2 atom stereocenters. The summed E-state index contributed by atoms with van der Waals surface area (Å²) in [6, 6.07) is 0. The Balaban J connectivity index is 3.22. The van der Waals surface area contributed by atoms with Crippen LogP contribution in [0.5, 0.6) is 0 Å². The van der Waals surface area contributed by atoms with Crippen molar-refractivity contribution in [2.24, 2.45) is 5.41 Å². The molecular weight excluding hydrogens is 280 g/mol. The zero-order valence-corrected chi connectivity index (χ0v) is 13.7. The number of methoxy groups -OCH3 is 1. The first-order chi connectivity index (χ1) is 10.2. The van der Waals surface area contributed by atoms with Crippen molar-refractivity contribution in [2.45, 2.75) is 39.2 Å². The first-order valence-corrected chi connectivity index (χ1v) is 7.19. The molecule has 4 nitrogen and oxygen atoms in total. The number of carbonyl (C=O) groups is 2. The SMILES string of the molecule is C=CC[C@@]1(C)CC(=O)C=C(C)[C@@]1(O)/C=C/C(C)=C\C(=O)OC. The van der Waals surface area contributed by atoms with Gasteiger partial charge in [0.15, 0.2) is 5.78 Å². The largest absolute Gasteiger partial charge is 0.466 e. The van der Waals surface area contributed by atoms with Gasteiger partial charge in [0, 0.05) is 17.9 Å². The number of esters is 1. The maximum atomic E-state index is 11.9. The molecule has 0 aliphatic heterocycles. The van der Waals surface area contributed by atoms with Crippen LogP contribution in [0.2, 0.25) is 0 Å². The lowest BCUT2D eigenvalue weighted by molar-refractivity contribution is -0.134. The molecule has 1 N–H and O–H groups in total. The highest BCUT2D eigenvalue weighted by molar-refractivity contribution is 5.93. The summed E-state index contributed by atoms with van der Waals surface area (Å²) in [6.45, 7) is 9.07. The molecule has 0 saturated carbocycles. The molecule has 0 amide bonds. The lowest BCUT2D eigenvalue weighted by Gasteiger charge is -2.46. The smallest absolute Gasteiger partial charge is 0.330 e. The van der Waals surface area contributed by atoms with Gasteiger partial charge in [0.25, 0.3) is 0 Å². The number of rotatable bonds is 5. The van der Waals surface area contributed by atoms with Crippen LogP contribution in [0.1, 0.15) is 33.6 Å². The van der Waals surface area contributed by atoms with Gasteiger partial charge in [-0.1, -0.05) is 19.1 Å². The molecule has 0 fully saturated rings. The summed E-state index contributed by atoms with van der Waals surface area (Å²) in [5.74, 6) is -0.448. The first kappa shape index (κ1) is 18.1. The second-order valence-corrected chi connectivity index (χ2v) is 6.04. The quantitative estimate of drug-likeness (QED) is 0.367. The van der Waals surface area contributed by atoms with E-state index in [9.17, 15) is 14.7 Å². The second-order valence-electron chi connectivity index (χ2n) is 6.04. The molecule has 0 aromatic heterocycles. The van der Waals surface area contributed by atoms with Crippen LogP contribution in [0.15, 0.2) is 48.1 Å². The van der Waals surface area contributed by atoms with Crippen molar-refractivity contribution in [2.75, 3.05) is 7.11 Å². The number of hydrogen-bond acceptors (Lipinski definition) is 4. The molecule has 0 radical (unpaired) electrons. The van der Waals surface area contributed by atoms with Gasteiger partial charge in [0.05, 0.1) is 7.11 Å². The molecule has 4 heteroatoms. The van der Waals surface area contributed by atoms with E-state index < -0.39 is 17.0 Å². The molecule has 1 rings (SSSR count). The van der Waals surface area contributed by atoms with E-state index in [4.69, 9.17) is 0 Å². The van der Waals surface area contributed by atoms with Gasteiger partial charge >= 0.3 is 5.97 Å². The molecule has 0 aromatic carbocycles. The average Bonchev–Trinajstić information content (AvgIpc) is 2.42. The summed E-state index contributed by atoms with van der Waals surface area (Å²) >= 11 is 0. The van der Waals surface area contributed by atoms with Crippen molar-refractivity contribution in [3.05, 3.63) is 48.1 Å². The van der Waals surface area contributed by atoms with E-state index >= 15 is 0 Å². The number of aliphatic hydroxyl groups is 1. The highest BCUT2D eigenvalue weighted by Crippen LogP contribution is 2.47. The third-order valence-corrected chi connectivity index (χ3v) is 4.19. The Bertz CT molecular complexity index is 568. The van der Waals surface area contributed by atoms with E-state index in [1.54, 1.807) is 32.1 Å². The van der Waals surface area contributed by atoms with Crippen molar-refractivity contribution in [1.82, 2.24) is 0 Å². The summed E-state index contributed by atoms with van der Waals surface area (Å²) in [5.41, 5.74) is -0.673. The fourth-order valence-electron chi connectivity index (χ4n) is 2.82. The van der Waals surface area contributed by atoms with Gasteiger partial charge in [-0.2, -0.15) is 0 Å². The van der Waals surface area contributed by atoms with E-state index in [0.717, 1.165) is 0 Å². The van der Waals surface area contributed by atoms with Crippen LogP contribution in [0.4, 0.5) is 0 Å². The zero-order chi connectivity index (χ0) is 17.0. The van der Waals surface area contributed by atoms with Crippen molar-refractivity contribution in [1.29, 1.82) is 0 Å². The van der Waals surface area contributed by atoms with Crippen LogP contribution in [0.3, 0.4) is 0 Å². The van der Waals surface area contributed by atoms with Gasteiger partial charge in [-0.25, -0.2) is 4.79 Å². The molecule has 0 heterocycles. The van der Waals surface area contributed by atoms with E-state index in [1.165, 1.54) is 19.3 Å². The summed E-state index contributed by atoms with van der Waals surface area (Å²) in [5, 5.41) is 11.1. The molecule has 1 aliphatic carbocycles. The second kappa shape index (κ2) is 6.88. The third kappa shape index (κ3) is 3.63. The van der Waals surface area contributed by atoms with Crippen LogP contribution in [0, 0.1) is 5.41 Å². The Labute approximate surface area is 131 Å². The van der Waals surface area contributed by atoms with E-state index in [2.05, 4.69) is 11.3 Å². The summed E-state index contributed by atoms with van der Waals surface area (Å²) in [7, 11) is 1.31. The van der Waals surface area contributed by atoms with Crippen molar-refractivity contribution >= 4 is 11.8 Å². The van der Waals surface area contributed by atoms with E-state index in [1.807, 2.05) is 6.92 Å². The highest BCUT2D eigenvalue weighted by atomic mass is 16.5. The minimum absolute atomic E-state index is 0.00162. The van der Waals surface area contributed by atoms with E-state index in [0.29, 0.717) is 17.6 Å². The Morgan fingerprint density at radius 1 is 1.55 bits per heavy atom. The fourth-order valence-corrected chi connectivity index (χ4v) is 2.82. The lowest BCUT2D eigenvalue weighted by Crippen LogP contribution is -2.49. The summed E-state index contributed by atoms with van der Waals surface area (Å²) < 4.78 is 4.57. The van der Waals surface area contributed by atoms with Gasteiger partial charge in [-0.3, -0.25) is 4.79 Å². The van der Waals surface area contributed by atoms with Gasteiger partial charge in [-0.15, -0.1) is 6.58 Å². The molecule has 0 bridgehead atoms. The van der Waals surface area contributed by atoms with Crippen molar-refractivity contribution in [3.63, 3.8) is 0 Å². The lowest BCUT2D eigenvalue weighted by atomic mass is 9.62. The Kier molecular flexibility index (Phi) is 5.66. The van der Waals surface area contributed by atoms with Gasteiger partial charge in [-0.05, 0) is 43.6 Å². The standard InChI is InChI=1S/C18H24O4/c1-6-8-17(4)12-15(19)11-14(3)18(17,21)9-7-13(2)10-16(20)22-5/h6-7,9-11,21H,1,8,12H2,2-5H3/b9-7+,13-10-/t17-,18-/m0/s1. The highest BCUT2D eigenvalue weighted by Gasteiger charge is 2.49. The molecule has 22 heavy (non-hydrogen) atoms. The average molecular weight is 304 g/mol. The molecule has 0 unspecified atom stereocenters. The van der Waals surface area contributed by atoms with Crippen LogP contribution >= 0.6 is 0 Å². The van der Waals surface area contributed by atoms with Crippen LogP contribution in [0.25, 0.3) is 0 Å². The first-order valence-electron chi connectivity index (χ1n) is 7.19. The molecular formula is C18H24O4. The predicted molar refractivity (Wildman–Crippen MR) is 86.2 cm³/mol. The number of allylic oxidation sites excluding steroid dienone is 4. The fraction of sp³-hybridized carbons (Fsp3) is 0.444. The van der Waals surface area contributed by atoms with E-state index in [-0.39, 0.29) is 12.2 Å². The predicted octanol–water partition coefficient (Wildman–Crippen LogP) is 2.89. The third-order valence-electron chi connectivity index (χ3n) is 4.19. The maximum absolute atomic E-state index is 11.9. The Morgan fingerprint density at radius 2 is 2.18 bits per heavy atom. The molecule has 0 saturated heterocycles. The summed E-state index contributed by atoms with van der Waals surface area (Å²) in [4.78, 5) is 23.1. The maximum Gasteiger partial charge on any atom is 0.330 e. The van der Waals surface area contributed by atoms with Crippen LogP contribution in [-0.4, -0.2) is 29.6 Å². The number of carbonyl (C=O) groups excluding carboxylic acids is 2. The van der Waals surface area contributed by atoms with Gasteiger partial charge in [0.2, 0.25) is 0 Å². The normalized spacial score (nSPS) is 29.4. The van der Waals surface area contributed by atoms with Crippen molar-refractivity contribution < 1.29 is 19.4 Å². The molecule has 120 valence electrons. The molecule has 0 spiro atoms. The minimum atomic E-state index is -1.26. The molecule has 1 aliphatic rings. The van der Waals surface area contributed by atoms with Crippen LogP contribution < -0.4 is 0 Å². The monoisotopic (exact) mass is 304 g/mol. The van der Waals surface area contributed by atoms with Crippen LogP contribution in [-0.2, 0) is 14.3 Å². The Hall–Kier alpha value is -1.94. The van der Waals surface area contributed by atoms with Crippen molar-refractivity contribution in [3.8, 4) is 0 Å². The molecule has 0 aromatic rings. The topological polar surface area (TPSA) is 63.6 Å². The zero-order valence-electron chi connectivity index (χ0n) is 13.7. The Morgan fingerprint density at radius 3 is 2.73 bits per heavy atom. The minimum Gasteiger partial charge on any atom is -0.466 e. The van der Waals surface area contributed by atoms with Gasteiger partial charge < -0.3 is 9.84 Å². The summed E-state index contributed by atoms with van der Waals surface area (Å²) in [6.07, 6.45) is 8.60. The number of ketones is 1. The number of hydrogen-bond donors (Lipinski definition) is 1. The van der Waals surface area contributed by atoms with Gasteiger partial charge in [0.1, 0.15) is 5.60 Å². The number of ether oxygens (including phenoxy) is 1.